The number of ether oxygens (including phenoxy) is 1. The Morgan fingerprint density at radius 2 is 2.19 bits per heavy atom. The lowest BCUT2D eigenvalue weighted by Crippen LogP contribution is -2.41. The van der Waals surface area contributed by atoms with Gasteiger partial charge in [-0.2, -0.15) is 4.31 Å². The third-order valence-electron chi connectivity index (χ3n) is 3.67. The fourth-order valence-corrected chi connectivity index (χ4v) is 4.44. The number of hydrogen-bond acceptors (Lipinski definition) is 5. The van der Waals surface area contributed by atoms with Crippen LogP contribution in [0.1, 0.15) is 25.3 Å². The highest BCUT2D eigenvalue weighted by Gasteiger charge is 2.40. The van der Waals surface area contributed by atoms with E-state index < -0.39 is 22.0 Å². The Hall–Kier alpha value is -1.60. The summed E-state index contributed by atoms with van der Waals surface area (Å²) in [5.41, 5.74) is 6.71. The molecule has 21 heavy (non-hydrogen) atoms. The van der Waals surface area contributed by atoms with Crippen molar-refractivity contribution in [3.05, 3.63) is 23.8 Å². The molecule has 0 radical (unpaired) electrons. The van der Waals surface area contributed by atoms with Crippen LogP contribution in [0.5, 0.6) is 0 Å². The summed E-state index contributed by atoms with van der Waals surface area (Å²) < 4.78 is 31.8. The monoisotopic (exact) mass is 312 g/mol. The number of sulfonamides is 1. The summed E-state index contributed by atoms with van der Waals surface area (Å²) in [6, 6.07) is 4.03. The first-order valence-corrected chi connectivity index (χ1v) is 8.37. The van der Waals surface area contributed by atoms with Crippen molar-refractivity contribution in [3.8, 4) is 0 Å². The molecule has 6 nitrogen and oxygen atoms in total. The quantitative estimate of drug-likeness (QED) is 0.668. The summed E-state index contributed by atoms with van der Waals surface area (Å²) in [6.07, 6.45) is 1.13. The highest BCUT2D eigenvalue weighted by atomic mass is 32.2. The van der Waals surface area contributed by atoms with Gasteiger partial charge in [-0.25, -0.2) is 8.42 Å². The first-order valence-electron chi connectivity index (χ1n) is 6.93. The van der Waals surface area contributed by atoms with Crippen molar-refractivity contribution in [2.45, 2.75) is 37.6 Å². The molecule has 1 atom stereocenters. The van der Waals surface area contributed by atoms with E-state index in [9.17, 15) is 13.2 Å². The molecule has 0 spiro atoms. The number of benzene rings is 1. The summed E-state index contributed by atoms with van der Waals surface area (Å²) in [5.74, 6) is -0.486. The van der Waals surface area contributed by atoms with Gasteiger partial charge in [0.1, 0.15) is 6.04 Å². The van der Waals surface area contributed by atoms with Crippen LogP contribution in [-0.4, -0.2) is 37.9 Å². The van der Waals surface area contributed by atoms with Gasteiger partial charge in [-0.15, -0.1) is 0 Å². The topological polar surface area (TPSA) is 89.7 Å². The van der Waals surface area contributed by atoms with E-state index >= 15 is 0 Å². The van der Waals surface area contributed by atoms with Crippen molar-refractivity contribution < 1.29 is 17.9 Å². The zero-order valence-electron chi connectivity index (χ0n) is 12.2. The number of nitrogens with two attached hydrogens (primary N) is 1. The molecule has 0 aliphatic carbocycles. The molecule has 1 heterocycles. The Bertz CT molecular complexity index is 642. The number of esters is 1. The van der Waals surface area contributed by atoms with Gasteiger partial charge in [-0.1, -0.05) is 6.07 Å². The molecular weight excluding hydrogens is 292 g/mol. The fraction of sp³-hybridized carbons (Fsp3) is 0.500. The van der Waals surface area contributed by atoms with Gasteiger partial charge in [0.25, 0.3) is 0 Å². The minimum atomic E-state index is -3.75. The minimum Gasteiger partial charge on any atom is -0.465 e. The van der Waals surface area contributed by atoms with Gasteiger partial charge in [-0.05, 0) is 44.4 Å². The molecule has 7 heteroatoms. The van der Waals surface area contributed by atoms with Crippen molar-refractivity contribution >= 4 is 21.7 Å². The molecule has 1 unspecified atom stereocenters. The highest BCUT2D eigenvalue weighted by Crippen LogP contribution is 2.30. The number of hydrogen-bond donors (Lipinski definition) is 1. The van der Waals surface area contributed by atoms with Crippen LogP contribution in [0.3, 0.4) is 0 Å². The molecule has 2 rings (SSSR count). The normalized spacial score (nSPS) is 19.6. The van der Waals surface area contributed by atoms with Gasteiger partial charge in [0.15, 0.2) is 0 Å². The van der Waals surface area contributed by atoms with Gasteiger partial charge in [0, 0.05) is 12.2 Å². The van der Waals surface area contributed by atoms with E-state index in [0.29, 0.717) is 30.6 Å². The Labute approximate surface area is 124 Å². The molecule has 1 saturated heterocycles. The second-order valence-electron chi connectivity index (χ2n) is 5.00. The number of carbonyl (C=O) groups is 1. The first-order chi connectivity index (χ1) is 9.89. The van der Waals surface area contributed by atoms with Crippen LogP contribution in [0.25, 0.3) is 0 Å². The predicted molar refractivity (Wildman–Crippen MR) is 79.1 cm³/mol. The molecule has 1 aromatic rings. The second kappa shape index (κ2) is 6.03. The lowest BCUT2D eigenvalue weighted by atomic mass is 10.2. The van der Waals surface area contributed by atoms with Crippen LogP contribution in [-0.2, 0) is 19.6 Å². The average molecular weight is 312 g/mol. The summed E-state index contributed by atoms with van der Waals surface area (Å²) in [6.45, 7) is 3.92. The fourth-order valence-electron chi connectivity index (χ4n) is 2.54. The Kier molecular flexibility index (Phi) is 4.53. The lowest BCUT2D eigenvalue weighted by Gasteiger charge is -2.23. The summed E-state index contributed by atoms with van der Waals surface area (Å²) in [5, 5.41) is 0. The van der Waals surface area contributed by atoms with E-state index in [2.05, 4.69) is 0 Å². The maximum atomic E-state index is 12.8. The number of rotatable bonds is 4. The third kappa shape index (κ3) is 2.89. The van der Waals surface area contributed by atoms with E-state index in [0.717, 1.165) is 0 Å². The average Bonchev–Trinajstić information content (AvgIpc) is 2.92. The zero-order valence-corrected chi connectivity index (χ0v) is 13.0. The molecule has 1 fully saturated rings. The van der Waals surface area contributed by atoms with E-state index in [4.69, 9.17) is 10.5 Å². The van der Waals surface area contributed by atoms with Crippen LogP contribution in [0.4, 0.5) is 5.69 Å². The van der Waals surface area contributed by atoms with Crippen molar-refractivity contribution in [3.63, 3.8) is 0 Å². The number of nitrogen functional groups attached to an aromatic ring is 1. The van der Waals surface area contributed by atoms with Gasteiger partial charge in [0.05, 0.1) is 11.5 Å². The lowest BCUT2D eigenvalue weighted by molar-refractivity contribution is -0.146. The van der Waals surface area contributed by atoms with Crippen LogP contribution >= 0.6 is 0 Å². The summed E-state index contributed by atoms with van der Waals surface area (Å²) in [4.78, 5) is 12.1. The Balaban J connectivity index is 2.39. The number of carbonyl (C=O) groups excluding carboxylic acids is 1. The maximum absolute atomic E-state index is 12.8. The Morgan fingerprint density at radius 3 is 2.86 bits per heavy atom. The molecule has 0 aromatic heterocycles. The van der Waals surface area contributed by atoms with E-state index in [1.807, 2.05) is 0 Å². The van der Waals surface area contributed by atoms with Crippen LogP contribution < -0.4 is 5.73 Å². The predicted octanol–water partition coefficient (Wildman–Crippen LogP) is 1.29. The first kappa shape index (κ1) is 15.8. The van der Waals surface area contributed by atoms with Crippen molar-refractivity contribution in [2.24, 2.45) is 0 Å². The molecule has 1 aliphatic heterocycles. The molecule has 1 aromatic carbocycles. The zero-order chi connectivity index (χ0) is 15.6. The molecule has 0 saturated carbocycles. The van der Waals surface area contributed by atoms with Gasteiger partial charge >= 0.3 is 5.97 Å². The van der Waals surface area contributed by atoms with E-state index in [1.54, 1.807) is 26.0 Å². The van der Waals surface area contributed by atoms with Gasteiger partial charge in [0.2, 0.25) is 10.0 Å². The third-order valence-corrected chi connectivity index (χ3v) is 5.73. The van der Waals surface area contributed by atoms with Crippen molar-refractivity contribution in [1.29, 1.82) is 0 Å². The smallest absolute Gasteiger partial charge is 0.324 e. The molecule has 116 valence electrons. The van der Waals surface area contributed by atoms with E-state index in [-0.39, 0.29) is 11.5 Å². The second-order valence-corrected chi connectivity index (χ2v) is 6.86. The molecule has 0 bridgehead atoms. The SMILES string of the molecule is CCOC(=O)C1CCCN1S(=O)(=O)c1cccc(N)c1C. The summed E-state index contributed by atoms with van der Waals surface area (Å²) >= 11 is 0. The molecule has 2 N–H and O–H groups in total. The largest absolute Gasteiger partial charge is 0.465 e. The Morgan fingerprint density at radius 1 is 1.48 bits per heavy atom. The molecular formula is C14H20N2O4S. The highest BCUT2D eigenvalue weighted by molar-refractivity contribution is 7.89. The van der Waals surface area contributed by atoms with Crippen LogP contribution in [0.2, 0.25) is 0 Å². The van der Waals surface area contributed by atoms with Gasteiger partial charge in [-0.3, -0.25) is 4.79 Å². The van der Waals surface area contributed by atoms with Crippen LogP contribution in [0.15, 0.2) is 23.1 Å². The van der Waals surface area contributed by atoms with E-state index in [1.165, 1.54) is 10.4 Å². The summed E-state index contributed by atoms with van der Waals surface area (Å²) in [7, 11) is -3.75. The van der Waals surface area contributed by atoms with Crippen LogP contribution in [0, 0.1) is 6.92 Å². The number of nitrogens with zero attached hydrogens (tertiary/aromatic N) is 1. The standard InChI is InChI=1S/C14H20N2O4S/c1-3-20-14(17)12-7-5-9-16(12)21(18,19)13-8-4-6-11(15)10(13)2/h4,6,8,12H,3,5,7,9,15H2,1-2H3. The molecule has 1 aliphatic rings. The van der Waals surface area contributed by atoms with Crippen molar-refractivity contribution in [1.82, 2.24) is 4.31 Å². The van der Waals surface area contributed by atoms with Crippen molar-refractivity contribution in [2.75, 3.05) is 18.9 Å². The maximum Gasteiger partial charge on any atom is 0.324 e. The van der Waals surface area contributed by atoms with Gasteiger partial charge < -0.3 is 10.5 Å². The minimum absolute atomic E-state index is 0.152. The molecule has 0 amide bonds. The number of anilines is 1.